The Kier molecular flexibility index (Phi) is 4.60. The second-order valence-corrected chi connectivity index (χ2v) is 6.73. The van der Waals surface area contributed by atoms with Crippen LogP contribution in [0.4, 0.5) is 5.69 Å². The fraction of sp³-hybridized carbons (Fsp3) is 0.250. The van der Waals surface area contributed by atoms with Gasteiger partial charge >= 0.3 is 0 Å². The van der Waals surface area contributed by atoms with Crippen LogP contribution in [0.5, 0.6) is 0 Å². The molecule has 3 aromatic rings. The normalized spacial score (nSPS) is 16.4. The number of nitrogens with zero attached hydrogens (tertiary/aromatic N) is 2. The maximum atomic E-state index is 12.7. The van der Waals surface area contributed by atoms with Crippen LogP contribution in [0.1, 0.15) is 27.1 Å². The number of H-pyrrole nitrogens is 1. The van der Waals surface area contributed by atoms with Gasteiger partial charge in [-0.1, -0.05) is 6.07 Å². The van der Waals surface area contributed by atoms with E-state index in [0.717, 1.165) is 30.5 Å². The molecule has 2 heterocycles. The van der Waals surface area contributed by atoms with E-state index in [4.69, 9.17) is 0 Å². The molecule has 7 heteroatoms. The van der Waals surface area contributed by atoms with Gasteiger partial charge in [0, 0.05) is 36.4 Å². The molecule has 0 aliphatic carbocycles. The highest BCUT2D eigenvalue weighted by atomic mass is 16.2. The summed E-state index contributed by atoms with van der Waals surface area (Å²) < 4.78 is 0. The minimum atomic E-state index is -0.232. The lowest BCUT2D eigenvalue weighted by Crippen LogP contribution is -2.38. The quantitative estimate of drug-likeness (QED) is 0.663. The zero-order valence-electron chi connectivity index (χ0n) is 15.0. The van der Waals surface area contributed by atoms with Crippen LogP contribution in [0.15, 0.2) is 48.8 Å². The summed E-state index contributed by atoms with van der Waals surface area (Å²) in [6, 6.07) is 12.5. The highest BCUT2D eigenvalue weighted by Crippen LogP contribution is 2.17. The highest BCUT2D eigenvalue weighted by Gasteiger charge is 2.24. The molecule has 27 heavy (non-hydrogen) atoms. The summed E-state index contributed by atoms with van der Waals surface area (Å²) in [5.41, 5.74) is 3.29. The first-order valence-corrected chi connectivity index (χ1v) is 8.94. The van der Waals surface area contributed by atoms with E-state index in [0.29, 0.717) is 16.8 Å². The number of rotatable bonds is 4. The maximum Gasteiger partial charge on any atom is 0.255 e. The molecule has 7 nitrogen and oxygen atoms in total. The highest BCUT2D eigenvalue weighted by molar-refractivity contribution is 6.06. The van der Waals surface area contributed by atoms with Gasteiger partial charge in [-0.3, -0.25) is 9.59 Å². The van der Waals surface area contributed by atoms with Crippen LogP contribution in [0.2, 0.25) is 0 Å². The molecule has 138 valence electrons. The Hall–Kier alpha value is -3.19. The molecule has 1 aliphatic rings. The molecule has 1 atom stereocenters. The molecule has 0 bridgehead atoms. The van der Waals surface area contributed by atoms with Crippen molar-refractivity contribution in [1.29, 1.82) is 0 Å². The third-order valence-electron chi connectivity index (χ3n) is 4.95. The molecule has 1 unspecified atom stereocenters. The second kappa shape index (κ2) is 7.20. The van der Waals surface area contributed by atoms with Crippen molar-refractivity contribution < 1.29 is 9.59 Å². The van der Waals surface area contributed by atoms with Crippen LogP contribution < -0.4 is 10.6 Å². The number of anilines is 1. The largest absolute Gasteiger partial charge is 0.345 e. The fourth-order valence-corrected chi connectivity index (χ4v) is 3.35. The summed E-state index contributed by atoms with van der Waals surface area (Å²) in [4.78, 5) is 34.2. The van der Waals surface area contributed by atoms with E-state index >= 15 is 0 Å². The Morgan fingerprint density at radius 1 is 1.19 bits per heavy atom. The van der Waals surface area contributed by atoms with Gasteiger partial charge in [-0.25, -0.2) is 4.98 Å². The van der Waals surface area contributed by atoms with E-state index < -0.39 is 0 Å². The summed E-state index contributed by atoms with van der Waals surface area (Å²) in [5, 5.41) is 6.13. The number of amides is 2. The number of likely N-dealkylation sites (N-methyl/N-ethyl adjacent to an activating group) is 1. The van der Waals surface area contributed by atoms with Crippen molar-refractivity contribution in [3.63, 3.8) is 0 Å². The van der Waals surface area contributed by atoms with E-state index in [1.165, 1.54) is 0 Å². The Morgan fingerprint density at radius 3 is 2.89 bits per heavy atom. The van der Waals surface area contributed by atoms with Gasteiger partial charge in [0.15, 0.2) is 0 Å². The first kappa shape index (κ1) is 17.2. The molecule has 1 aromatic heterocycles. The number of aromatic nitrogens is 2. The number of hydrogen-bond acceptors (Lipinski definition) is 4. The van der Waals surface area contributed by atoms with Gasteiger partial charge in [0.2, 0.25) is 0 Å². The smallest absolute Gasteiger partial charge is 0.255 e. The molecule has 1 fully saturated rings. The van der Waals surface area contributed by atoms with Gasteiger partial charge in [-0.05, 0) is 49.4 Å². The molecular formula is C20H21N5O2. The first-order chi connectivity index (χ1) is 13.1. The molecule has 2 aromatic carbocycles. The van der Waals surface area contributed by atoms with Crippen molar-refractivity contribution in [2.75, 3.05) is 25.5 Å². The molecule has 1 saturated heterocycles. The lowest BCUT2D eigenvalue weighted by atomic mass is 10.1. The minimum absolute atomic E-state index is 0.0429. The molecule has 4 rings (SSSR count). The maximum absolute atomic E-state index is 12.7. The topological polar surface area (TPSA) is 90.1 Å². The Balaban J connectivity index is 1.49. The zero-order valence-corrected chi connectivity index (χ0v) is 15.0. The van der Waals surface area contributed by atoms with E-state index in [2.05, 4.69) is 20.6 Å². The molecule has 0 radical (unpaired) electrons. The van der Waals surface area contributed by atoms with Crippen LogP contribution >= 0.6 is 0 Å². The van der Waals surface area contributed by atoms with Crippen molar-refractivity contribution in [1.82, 2.24) is 20.2 Å². The van der Waals surface area contributed by atoms with Gasteiger partial charge in [0.05, 0.1) is 17.4 Å². The van der Waals surface area contributed by atoms with Gasteiger partial charge < -0.3 is 20.5 Å². The number of imidazole rings is 1. The summed E-state index contributed by atoms with van der Waals surface area (Å²) >= 11 is 0. The minimum Gasteiger partial charge on any atom is -0.345 e. The predicted molar refractivity (Wildman–Crippen MR) is 104 cm³/mol. The number of hydrogen-bond donors (Lipinski definition) is 3. The molecule has 3 N–H and O–H groups in total. The van der Waals surface area contributed by atoms with Gasteiger partial charge in [0.25, 0.3) is 11.8 Å². The zero-order chi connectivity index (χ0) is 18.8. The number of carbonyl (C=O) groups is 2. The van der Waals surface area contributed by atoms with Gasteiger partial charge in [-0.15, -0.1) is 0 Å². The number of nitrogens with one attached hydrogen (secondary N) is 3. The predicted octanol–water partition coefficient (Wildman–Crippen LogP) is 2.25. The molecular weight excluding hydrogens is 342 g/mol. The molecule has 1 aliphatic heterocycles. The van der Waals surface area contributed by atoms with Crippen LogP contribution in [-0.2, 0) is 0 Å². The monoisotopic (exact) mass is 363 g/mol. The Morgan fingerprint density at radius 2 is 2.07 bits per heavy atom. The van der Waals surface area contributed by atoms with Crippen molar-refractivity contribution in [2.45, 2.75) is 12.5 Å². The number of carbonyl (C=O) groups excluding carboxylic acids is 2. The van der Waals surface area contributed by atoms with Crippen LogP contribution in [-0.4, -0.2) is 52.9 Å². The molecule has 0 saturated carbocycles. The SMILES string of the molecule is CN(C(=O)c1cccc(NC(=O)c2ccc3nc[nH]c3c2)c1)C1CCNC1. The van der Waals surface area contributed by atoms with E-state index in [9.17, 15) is 9.59 Å². The van der Waals surface area contributed by atoms with Crippen molar-refractivity contribution in [2.24, 2.45) is 0 Å². The Labute approximate surface area is 156 Å². The number of benzene rings is 2. The standard InChI is InChI=1S/C20H21N5O2/c1-25(16-7-8-21-11-16)20(27)14-3-2-4-15(9-14)24-19(26)13-5-6-17-18(10-13)23-12-22-17/h2-6,9-10,12,16,21H,7-8,11H2,1H3,(H,22,23)(H,24,26). The molecule has 2 amide bonds. The average Bonchev–Trinajstić information content (AvgIpc) is 3.38. The summed E-state index contributed by atoms with van der Waals surface area (Å²) in [6.07, 6.45) is 2.55. The van der Waals surface area contributed by atoms with Crippen LogP contribution in [0.25, 0.3) is 11.0 Å². The van der Waals surface area contributed by atoms with E-state index in [1.807, 2.05) is 7.05 Å². The van der Waals surface area contributed by atoms with Crippen molar-refractivity contribution in [3.8, 4) is 0 Å². The third-order valence-corrected chi connectivity index (χ3v) is 4.95. The summed E-state index contributed by atoms with van der Waals surface area (Å²) in [6.45, 7) is 1.74. The third kappa shape index (κ3) is 3.54. The lowest BCUT2D eigenvalue weighted by Gasteiger charge is -2.24. The van der Waals surface area contributed by atoms with E-state index in [1.54, 1.807) is 53.7 Å². The Bertz CT molecular complexity index is 991. The second-order valence-electron chi connectivity index (χ2n) is 6.73. The molecule has 0 spiro atoms. The van der Waals surface area contributed by atoms with Crippen LogP contribution in [0.3, 0.4) is 0 Å². The lowest BCUT2D eigenvalue weighted by molar-refractivity contribution is 0.0743. The van der Waals surface area contributed by atoms with Crippen LogP contribution in [0, 0.1) is 0 Å². The van der Waals surface area contributed by atoms with Crippen molar-refractivity contribution >= 4 is 28.5 Å². The average molecular weight is 363 g/mol. The number of aromatic amines is 1. The van der Waals surface area contributed by atoms with Gasteiger partial charge in [0.1, 0.15) is 0 Å². The number of fused-ring (bicyclic) bond motifs is 1. The first-order valence-electron chi connectivity index (χ1n) is 8.94. The summed E-state index contributed by atoms with van der Waals surface area (Å²) in [7, 11) is 1.82. The van der Waals surface area contributed by atoms with E-state index in [-0.39, 0.29) is 17.9 Å². The summed E-state index contributed by atoms with van der Waals surface area (Å²) in [5.74, 6) is -0.275. The fourth-order valence-electron chi connectivity index (χ4n) is 3.35. The van der Waals surface area contributed by atoms with Crippen molar-refractivity contribution in [3.05, 3.63) is 59.9 Å². The van der Waals surface area contributed by atoms with Gasteiger partial charge in [-0.2, -0.15) is 0 Å².